The molecule has 0 spiro atoms. The van der Waals surface area contributed by atoms with E-state index in [1.165, 1.54) is 23.5 Å². The molecule has 0 aliphatic heterocycles. The molecule has 6 heteroatoms. The van der Waals surface area contributed by atoms with E-state index in [0.29, 0.717) is 0 Å². The van der Waals surface area contributed by atoms with Crippen molar-refractivity contribution in [1.82, 2.24) is 4.72 Å². The van der Waals surface area contributed by atoms with Gasteiger partial charge in [-0.1, -0.05) is 18.2 Å². The van der Waals surface area contributed by atoms with Crippen LogP contribution in [0.1, 0.15) is 16.5 Å². The van der Waals surface area contributed by atoms with Crippen molar-refractivity contribution >= 4 is 21.4 Å². The minimum absolute atomic E-state index is 0.0292. The van der Waals surface area contributed by atoms with Crippen LogP contribution in [0.2, 0.25) is 0 Å². The van der Waals surface area contributed by atoms with Gasteiger partial charge in [-0.15, -0.1) is 11.3 Å². The number of benzene rings is 1. The Morgan fingerprint density at radius 2 is 1.95 bits per heavy atom. The van der Waals surface area contributed by atoms with Gasteiger partial charge in [-0.05, 0) is 36.1 Å². The lowest BCUT2D eigenvalue weighted by molar-refractivity contribution is 0.185. The molecule has 0 unspecified atom stereocenters. The van der Waals surface area contributed by atoms with E-state index >= 15 is 0 Å². The average Bonchev–Trinajstić information content (AvgIpc) is 2.83. The summed E-state index contributed by atoms with van der Waals surface area (Å²) in [6, 6.07) is 10.0. The lowest BCUT2D eigenvalue weighted by Gasteiger charge is -2.12. The molecule has 0 amide bonds. The third-order valence-corrected chi connectivity index (χ3v) is 5.28. The number of thiophene rings is 1. The lowest BCUT2D eigenvalue weighted by atomic mass is 10.2. The van der Waals surface area contributed by atoms with Gasteiger partial charge in [0.2, 0.25) is 10.0 Å². The first kappa shape index (κ1) is 14.2. The molecule has 0 radical (unpaired) electrons. The summed E-state index contributed by atoms with van der Waals surface area (Å²) in [6.45, 7) is 1.86. The van der Waals surface area contributed by atoms with Gasteiger partial charge in [0, 0.05) is 11.4 Å². The topological polar surface area (TPSA) is 66.4 Å². The fourth-order valence-electron chi connectivity index (χ4n) is 1.69. The highest BCUT2D eigenvalue weighted by molar-refractivity contribution is 7.89. The number of aliphatic hydroxyl groups excluding tert-OH is 1. The number of aryl methyl sites for hydroxylation is 1. The van der Waals surface area contributed by atoms with Crippen molar-refractivity contribution in [2.24, 2.45) is 0 Å². The average molecular weight is 297 g/mol. The maximum absolute atomic E-state index is 12.0. The first-order valence-electron chi connectivity index (χ1n) is 5.77. The van der Waals surface area contributed by atoms with Crippen LogP contribution in [0.15, 0.2) is 46.7 Å². The Labute approximate surface area is 116 Å². The zero-order valence-electron chi connectivity index (χ0n) is 10.4. The van der Waals surface area contributed by atoms with Crippen LogP contribution in [0.4, 0.5) is 0 Å². The van der Waals surface area contributed by atoms with Crippen LogP contribution in [0.5, 0.6) is 0 Å². The summed E-state index contributed by atoms with van der Waals surface area (Å²) in [5.41, 5.74) is 0.969. The highest BCUT2D eigenvalue weighted by atomic mass is 32.2. The predicted octanol–water partition coefficient (Wildman–Crippen LogP) is 2.07. The summed E-state index contributed by atoms with van der Waals surface area (Å²) in [6.07, 6.45) is -0.821. The van der Waals surface area contributed by atoms with E-state index in [0.717, 1.165) is 10.4 Å². The molecule has 2 N–H and O–H groups in total. The summed E-state index contributed by atoms with van der Waals surface area (Å²) in [5.74, 6) is 0. The Balaban J connectivity index is 2.05. The molecule has 2 aromatic rings. The highest BCUT2D eigenvalue weighted by Gasteiger charge is 2.17. The second-order valence-electron chi connectivity index (χ2n) is 4.15. The molecular formula is C13H15NO3S2. The maximum Gasteiger partial charge on any atom is 0.240 e. The highest BCUT2D eigenvalue weighted by Crippen LogP contribution is 2.23. The van der Waals surface area contributed by atoms with E-state index in [-0.39, 0.29) is 11.4 Å². The van der Waals surface area contributed by atoms with E-state index in [2.05, 4.69) is 4.72 Å². The molecule has 1 aromatic heterocycles. The molecule has 0 saturated heterocycles. The Bertz CT molecular complexity index is 635. The zero-order valence-corrected chi connectivity index (χ0v) is 12.0. The second kappa shape index (κ2) is 5.83. The summed E-state index contributed by atoms with van der Waals surface area (Å²) in [7, 11) is -3.56. The van der Waals surface area contributed by atoms with Gasteiger partial charge in [0.25, 0.3) is 0 Å². The molecule has 102 valence electrons. The van der Waals surface area contributed by atoms with Crippen LogP contribution in [-0.4, -0.2) is 20.1 Å². The van der Waals surface area contributed by atoms with Crippen molar-refractivity contribution < 1.29 is 13.5 Å². The first-order chi connectivity index (χ1) is 9.00. The fraction of sp³-hybridized carbons (Fsp3) is 0.231. The molecule has 1 aromatic carbocycles. The fourth-order valence-corrected chi connectivity index (χ4v) is 3.66. The Morgan fingerprint density at radius 1 is 1.26 bits per heavy atom. The number of rotatable bonds is 5. The van der Waals surface area contributed by atoms with Gasteiger partial charge in [-0.3, -0.25) is 0 Å². The molecule has 19 heavy (non-hydrogen) atoms. The van der Waals surface area contributed by atoms with Crippen molar-refractivity contribution in [3.05, 3.63) is 52.2 Å². The van der Waals surface area contributed by atoms with E-state index in [1.807, 2.05) is 18.4 Å². The van der Waals surface area contributed by atoms with Crippen LogP contribution >= 0.6 is 11.3 Å². The smallest absolute Gasteiger partial charge is 0.240 e. The normalized spacial score (nSPS) is 13.4. The van der Waals surface area contributed by atoms with E-state index in [1.54, 1.807) is 18.2 Å². The van der Waals surface area contributed by atoms with Gasteiger partial charge in [0.15, 0.2) is 0 Å². The Hall–Kier alpha value is -1.21. The molecular weight excluding hydrogens is 282 g/mol. The summed E-state index contributed by atoms with van der Waals surface area (Å²) in [5, 5.41) is 11.9. The van der Waals surface area contributed by atoms with Crippen molar-refractivity contribution in [3.63, 3.8) is 0 Å². The third-order valence-electron chi connectivity index (χ3n) is 2.72. The summed E-state index contributed by atoms with van der Waals surface area (Å²) < 4.78 is 26.4. The minimum atomic E-state index is -3.56. The molecule has 2 rings (SSSR count). The third kappa shape index (κ3) is 3.42. The minimum Gasteiger partial charge on any atom is -0.386 e. The van der Waals surface area contributed by atoms with Gasteiger partial charge in [-0.25, -0.2) is 13.1 Å². The maximum atomic E-state index is 12.0. The number of aliphatic hydroxyl groups is 1. The quantitative estimate of drug-likeness (QED) is 0.888. The number of hydrogen-bond acceptors (Lipinski definition) is 4. The number of nitrogens with one attached hydrogen (secondary N) is 1. The van der Waals surface area contributed by atoms with Crippen LogP contribution in [0, 0.1) is 6.92 Å². The monoisotopic (exact) mass is 297 g/mol. The molecule has 0 aliphatic carbocycles. The van der Waals surface area contributed by atoms with Gasteiger partial charge in [0.05, 0.1) is 4.90 Å². The summed E-state index contributed by atoms with van der Waals surface area (Å²) >= 11 is 1.42. The standard InChI is InChI=1S/C13H15NO3S2/c1-10-7-8-18-13(10)12(15)9-14-19(16,17)11-5-3-2-4-6-11/h2-8,12,14-15H,9H2,1H3/t12-/m1/s1. The van der Waals surface area contributed by atoms with Gasteiger partial charge < -0.3 is 5.11 Å². The van der Waals surface area contributed by atoms with Crippen molar-refractivity contribution in [2.75, 3.05) is 6.54 Å². The van der Waals surface area contributed by atoms with Crippen LogP contribution in [-0.2, 0) is 10.0 Å². The molecule has 0 fully saturated rings. The molecule has 1 atom stereocenters. The van der Waals surface area contributed by atoms with Crippen molar-refractivity contribution in [3.8, 4) is 0 Å². The Kier molecular flexibility index (Phi) is 4.36. The summed E-state index contributed by atoms with van der Waals surface area (Å²) in [4.78, 5) is 0.987. The van der Waals surface area contributed by atoms with Gasteiger partial charge in [-0.2, -0.15) is 0 Å². The van der Waals surface area contributed by atoms with Gasteiger partial charge >= 0.3 is 0 Å². The van der Waals surface area contributed by atoms with Crippen LogP contribution in [0.25, 0.3) is 0 Å². The SMILES string of the molecule is Cc1ccsc1[C@H](O)CNS(=O)(=O)c1ccccc1. The lowest BCUT2D eigenvalue weighted by Crippen LogP contribution is -2.28. The largest absolute Gasteiger partial charge is 0.386 e. The van der Waals surface area contributed by atoms with E-state index < -0.39 is 16.1 Å². The molecule has 4 nitrogen and oxygen atoms in total. The number of hydrogen-bond donors (Lipinski definition) is 2. The second-order valence-corrected chi connectivity index (χ2v) is 6.86. The Morgan fingerprint density at radius 3 is 2.53 bits per heavy atom. The predicted molar refractivity (Wildman–Crippen MR) is 75.6 cm³/mol. The first-order valence-corrected chi connectivity index (χ1v) is 8.14. The molecule has 0 saturated carbocycles. The van der Waals surface area contributed by atoms with Crippen LogP contribution < -0.4 is 4.72 Å². The van der Waals surface area contributed by atoms with E-state index in [4.69, 9.17) is 0 Å². The van der Waals surface area contributed by atoms with Crippen molar-refractivity contribution in [1.29, 1.82) is 0 Å². The molecule has 0 aliphatic rings. The van der Waals surface area contributed by atoms with Crippen LogP contribution in [0.3, 0.4) is 0 Å². The van der Waals surface area contributed by atoms with E-state index in [9.17, 15) is 13.5 Å². The van der Waals surface area contributed by atoms with Crippen molar-refractivity contribution in [2.45, 2.75) is 17.9 Å². The van der Waals surface area contributed by atoms with Gasteiger partial charge in [0.1, 0.15) is 6.10 Å². The number of sulfonamides is 1. The zero-order chi connectivity index (χ0) is 13.9. The molecule has 0 bridgehead atoms. The molecule has 1 heterocycles.